The highest BCUT2D eigenvalue weighted by molar-refractivity contribution is 5.03. The summed E-state index contributed by atoms with van der Waals surface area (Å²) in [7, 11) is 0. The molecule has 0 saturated carbocycles. The van der Waals surface area contributed by atoms with Gasteiger partial charge >= 0.3 is 0 Å². The summed E-state index contributed by atoms with van der Waals surface area (Å²) in [5, 5.41) is 11.3. The normalized spacial score (nSPS) is 17.8. The summed E-state index contributed by atoms with van der Waals surface area (Å²) in [5.41, 5.74) is 0. The Bertz CT molecular complexity index is 251. The van der Waals surface area contributed by atoms with Gasteiger partial charge in [-0.25, -0.2) is 0 Å². The molecule has 0 unspecified atom stereocenters. The predicted molar refractivity (Wildman–Crippen MR) is 45.9 cm³/mol. The van der Waals surface area contributed by atoms with Gasteiger partial charge in [-0.1, -0.05) is 6.92 Å². The quantitative estimate of drug-likeness (QED) is 0.705. The fourth-order valence-electron chi connectivity index (χ4n) is 1.46. The molecule has 0 amide bonds. The zero-order valence-corrected chi connectivity index (χ0v) is 7.32. The van der Waals surface area contributed by atoms with Crippen molar-refractivity contribution in [2.24, 2.45) is 0 Å². The van der Waals surface area contributed by atoms with Gasteiger partial charge in [0.05, 0.1) is 0 Å². The van der Waals surface area contributed by atoms with Crippen LogP contribution in [-0.2, 0) is 6.54 Å². The van der Waals surface area contributed by atoms with Gasteiger partial charge in [0.15, 0.2) is 0 Å². The number of nitrogens with zero attached hydrogens (tertiary/aromatic N) is 3. The number of aryl methyl sites for hydroxylation is 1. The lowest BCUT2D eigenvalue weighted by atomic mass is 10.0. The van der Waals surface area contributed by atoms with E-state index in [0.717, 1.165) is 31.9 Å². The molecule has 1 aromatic heterocycles. The van der Waals surface area contributed by atoms with Crippen LogP contribution in [0.2, 0.25) is 0 Å². The topological polar surface area (TPSA) is 42.7 Å². The van der Waals surface area contributed by atoms with Gasteiger partial charge in [-0.15, -0.1) is 10.2 Å². The SMILES string of the molecule is CCCn1cnnc1C1CNC1. The minimum absolute atomic E-state index is 0.596. The fraction of sp³-hybridized carbons (Fsp3) is 0.750. The van der Waals surface area contributed by atoms with Crippen molar-refractivity contribution in [2.45, 2.75) is 25.8 Å². The summed E-state index contributed by atoms with van der Waals surface area (Å²) in [4.78, 5) is 0. The molecule has 2 heterocycles. The molecule has 1 fully saturated rings. The van der Waals surface area contributed by atoms with Crippen molar-refractivity contribution in [3.8, 4) is 0 Å². The molecule has 1 aliphatic heterocycles. The average molecular weight is 166 g/mol. The maximum atomic E-state index is 4.13. The van der Waals surface area contributed by atoms with E-state index in [2.05, 4.69) is 27.0 Å². The molecule has 2 rings (SSSR count). The van der Waals surface area contributed by atoms with E-state index in [-0.39, 0.29) is 0 Å². The second-order valence-corrected chi connectivity index (χ2v) is 3.24. The highest BCUT2D eigenvalue weighted by Gasteiger charge is 2.23. The third-order valence-electron chi connectivity index (χ3n) is 2.26. The van der Waals surface area contributed by atoms with Crippen molar-refractivity contribution in [3.63, 3.8) is 0 Å². The first-order valence-electron chi connectivity index (χ1n) is 4.50. The van der Waals surface area contributed by atoms with Crippen LogP contribution >= 0.6 is 0 Å². The van der Waals surface area contributed by atoms with Gasteiger partial charge in [-0.2, -0.15) is 0 Å². The molecule has 0 radical (unpaired) electrons. The molecule has 4 heteroatoms. The summed E-state index contributed by atoms with van der Waals surface area (Å²) in [6.07, 6.45) is 2.97. The van der Waals surface area contributed by atoms with E-state index in [1.54, 1.807) is 0 Å². The summed E-state index contributed by atoms with van der Waals surface area (Å²) >= 11 is 0. The molecular formula is C8H14N4. The van der Waals surface area contributed by atoms with E-state index >= 15 is 0 Å². The molecule has 1 saturated heterocycles. The molecule has 1 N–H and O–H groups in total. The second-order valence-electron chi connectivity index (χ2n) is 3.24. The summed E-state index contributed by atoms with van der Waals surface area (Å²) in [5.74, 6) is 1.75. The molecule has 1 aromatic rings. The van der Waals surface area contributed by atoms with E-state index in [1.165, 1.54) is 0 Å². The first kappa shape index (κ1) is 7.73. The number of nitrogens with one attached hydrogen (secondary N) is 1. The van der Waals surface area contributed by atoms with Crippen molar-refractivity contribution in [3.05, 3.63) is 12.2 Å². The number of hydrogen-bond acceptors (Lipinski definition) is 3. The molecule has 0 bridgehead atoms. The van der Waals surface area contributed by atoms with Gasteiger partial charge in [-0.05, 0) is 6.42 Å². The van der Waals surface area contributed by atoms with Gasteiger partial charge in [0.1, 0.15) is 12.2 Å². The Morgan fingerprint density at radius 1 is 1.67 bits per heavy atom. The molecule has 1 aliphatic rings. The lowest BCUT2D eigenvalue weighted by Gasteiger charge is -2.26. The highest BCUT2D eigenvalue weighted by atomic mass is 15.3. The van der Waals surface area contributed by atoms with Crippen molar-refractivity contribution < 1.29 is 0 Å². The predicted octanol–water partition coefficient (Wildman–Crippen LogP) is 0.375. The van der Waals surface area contributed by atoms with E-state index in [9.17, 15) is 0 Å². The van der Waals surface area contributed by atoms with Crippen LogP contribution in [0.25, 0.3) is 0 Å². The van der Waals surface area contributed by atoms with Crippen LogP contribution < -0.4 is 5.32 Å². The van der Waals surface area contributed by atoms with Crippen molar-refractivity contribution in [1.29, 1.82) is 0 Å². The van der Waals surface area contributed by atoms with Crippen LogP contribution in [-0.4, -0.2) is 27.9 Å². The van der Waals surface area contributed by atoms with Crippen LogP contribution in [0.4, 0.5) is 0 Å². The molecule has 0 atom stereocenters. The fourth-order valence-corrected chi connectivity index (χ4v) is 1.46. The Morgan fingerprint density at radius 3 is 3.08 bits per heavy atom. The van der Waals surface area contributed by atoms with Crippen molar-refractivity contribution in [1.82, 2.24) is 20.1 Å². The Kier molecular flexibility index (Phi) is 2.08. The minimum Gasteiger partial charge on any atom is -0.317 e. The zero-order valence-electron chi connectivity index (χ0n) is 7.32. The van der Waals surface area contributed by atoms with Crippen molar-refractivity contribution >= 4 is 0 Å². The summed E-state index contributed by atoms with van der Waals surface area (Å²) in [6, 6.07) is 0. The van der Waals surface area contributed by atoms with Crippen molar-refractivity contribution in [2.75, 3.05) is 13.1 Å². The van der Waals surface area contributed by atoms with Crippen LogP contribution in [0.3, 0.4) is 0 Å². The van der Waals surface area contributed by atoms with E-state index in [0.29, 0.717) is 5.92 Å². The van der Waals surface area contributed by atoms with Crippen LogP contribution in [0.15, 0.2) is 6.33 Å². The molecule has 4 nitrogen and oxygen atoms in total. The smallest absolute Gasteiger partial charge is 0.138 e. The number of hydrogen-bond donors (Lipinski definition) is 1. The number of rotatable bonds is 3. The Labute approximate surface area is 72.0 Å². The van der Waals surface area contributed by atoms with Crippen LogP contribution in [0.1, 0.15) is 25.1 Å². The van der Waals surface area contributed by atoms with E-state index < -0.39 is 0 Å². The Morgan fingerprint density at radius 2 is 2.50 bits per heavy atom. The molecule has 0 aliphatic carbocycles. The first-order valence-corrected chi connectivity index (χ1v) is 4.50. The largest absolute Gasteiger partial charge is 0.317 e. The lowest BCUT2D eigenvalue weighted by Crippen LogP contribution is -2.41. The van der Waals surface area contributed by atoms with Gasteiger partial charge in [0.25, 0.3) is 0 Å². The maximum Gasteiger partial charge on any atom is 0.138 e. The third-order valence-corrected chi connectivity index (χ3v) is 2.26. The monoisotopic (exact) mass is 166 g/mol. The van der Waals surface area contributed by atoms with Gasteiger partial charge in [-0.3, -0.25) is 0 Å². The Balaban J connectivity index is 2.12. The zero-order chi connectivity index (χ0) is 8.39. The number of aromatic nitrogens is 3. The van der Waals surface area contributed by atoms with E-state index in [4.69, 9.17) is 0 Å². The van der Waals surface area contributed by atoms with Crippen LogP contribution in [0, 0.1) is 0 Å². The van der Waals surface area contributed by atoms with Gasteiger partial charge in [0.2, 0.25) is 0 Å². The summed E-state index contributed by atoms with van der Waals surface area (Å²) < 4.78 is 2.16. The van der Waals surface area contributed by atoms with Gasteiger partial charge < -0.3 is 9.88 Å². The molecule has 0 aromatic carbocycles. The minimum atomic E-state index is 0.596. The standard InChI is InChI=1S/C8H14N4/c1-2-3-12-6-10-11-8(12)7-4-9-5-7/h6-7,9H,2-5H2,1H3. The Hall–Kier alpha value is -0.900. The lowest BCUT2D eigenvalue weighted by molar-refractivity contribution is 0.412. The first-order chi connectivity index (χ1) is 5.92. The highest BCUT2D eigenvalue weighted by Crippen LogP contribution is 2.16. The average Bonchev–Trinajstić information content (AvgIpc) is 2.35. The summed E-state index contributed by atoms with van der Waals surface area (Å²) in [6.45, 7) is 5.33. The molecular weight excluding hydrogens is 152 g/mol. The molecule has 0 spiro atoms. The molecule has 12 heavy (non-hydrogen) atoms. The second kappa shape index (κ2) is 3.23. The third kappa shape index (κ3) is 1.22. The van der Waals surface area contributed by atoms with Gasteiger partial charge in [0, 0.05) is 25.6 Å². The molecule has 66 valence electrons. The van der Waals surface area contributed by atoms with Crippen LogP contribution in [0.5, 0.6) is 0 Å². The van der Waals surface area contributed by atoms with E-state index in [1.807, 2.05) is 6.33 Å². The maximum absolute atomic E-state index is 4.13.